The topological polar surface area (TPSA) is 54.7 Å². The van der Waals surface area contributed by atoms with Crippen molar-refractivity contribution < 1.29 is 17.9 Å². The van der Waals surface area contributed by atoms with Crippen LogP contribution in [0.3, 0.4) is 0 Å². The highest BCUT2D eigenvalue weighted by molar-refractivity contribution is 14.0. The Kier molecular flexibility index (Phi) is 10.1. The van der Waals surface area contributed by atoms with Crippen molar-refractivity contribution in [1.29, 1.82) is 0 Å². The van der Waals surface area contributed by atoms with E-state index in [0.717, 1.165) is 34.6 Å². The molecule has 6 nitrogen and oxygen atoms in total. The summed E-state index contributed by atoms with van der Waals surface area (Å²) in [5, 5.41) is 7.85. The van der Waals surface area contributed by atoms with E-state index in [1.807, 2.05) is 30.5 Å². The number of methoxy groups -OCH3 is 1. The Labute approximate surface area is 192 Å². The maximum Gasteiger partial charge on any atom is 0.416 e. The zero-order chi connectivity index (χ0) is 21.6. The van der Waals surface area contributed by atoms with Crippen LogP contribution in [0.15, 0.2) is 29.3 Å². The highest BCUT2D eigenvalue weighted by Crippen LogP contribution is 2.29. The minimum Gasteiger partial charge on any atom is -0.383 e. The fourth-order valence-corrected chi connectivity index (χ4v) is 3.09. The fourth-order valence-electron chi connectivity index (χ4n) is 3.09. The molecule has 0 bridgehead atoms. The second-order valence-electron chi connectivity index (χ2n) is 6.82. The third-order valence-corrected chi connectivity index (χ3v) is 4.74. The largest absolute Gasteiger partial charge is 0.416 e. The average Bonchev–Trinajstić information content (AvgIpc) is 2.93. The summed E-state index contributed by atoms with van der Waals surface area (Å²) in [7, 11) is 5.17. The molecule has 0 aliphatic rings. The summed E-state index contributed by atoms with van der Waals surface area (Å²) in [5.41, 5.74) is 3.20. The van der Waals surface area contributed by atoms with Crippen molar-refractivity contribution in [1.82, 2.24) is 20.0 Å². The van der Waals surface area contributed by atoms with Crippen LogP contribution in [-0.2, 0) is 30.5 Å². The normalized spacial score (nSPS) is 11.9. The Morgan fingerprint density at radius 2 is 1.87 bits per heavy atom. The zero-order valence-corrected chi connectivity index (χ0v) is 20.2. The summed E-state index contributed by atoms with van der Waals surface area (Å²) < 4.78 is 45.2. The maximum atomic E-state index is 12.7. The molecule has 0 saturated carbocycles. The Balaban J connectivity index is 0.00000450. The number of aliphatic imine (C=N–C) groups is 1. The number of alkyl halides is 3. The van der Waals surface area contributed by atoms with E-state index in [4.69, 9.17) is 4.74 Å². The first-order valence-electron chi connectivity index (χ1n) is 9.27. The molecule has 1 heterocycles. The van der Waals surface area contributed by atoms with Gasteiger partial charge in [-0.3, -0.25) is 9.67 Å². The van der Waals surface area contributed by atoms with Crippen LogP contribution >= 0.6 is 24.0 Å². The van der Waals surface area contributed by atoms with Crippen molar-refractivity contribution in [2.45, 2.75) is 39.7 Å². The molecule has 1 aromatic carbocycles. The van der Waals surface area contributed by atoms with Crippen LogP contribution in [0.2, 0.25) is 0 Å². The van der Waals surface area contributed by atoms with Crippen LogP contribution in [0, 0.1) is 13.8 Å². The van der Waals surface area contributed by atoms with Crippen LogP contribution in [0.25, 0.3) is 0 Å². The van der Waals surface area contributed by atoms with Gasteiger partial charge in [0.1, 0.15) is 0 Å². The lowest BCUT2D eigenvalue weighted by Crippen LogP contribution is -2.38. The summed E-state index contributed by atoms with van der Waals surface area (Å²) in [5.74, 6) is 0.647. The van der Waals surface area contributed by atoms with E-state index in [1.54, 1.807) is 14.2 Å². The van der Waals surface area contributed by atoms with E-state index in [-0.39, 0.29) is 24.0 Å². The highest BCUT2D eigenvalue weighted by Gasteiger charge is 2.29. The predicted molar refractivity (Wildman–Crippen MR) is 122 cm³/mol. The molecule has 1 N–H and O–H groups in total. The van der Waals surface area contributed by atoms with E-state index < -0.39 is 11.7 Å². The Hall–Kier alpha value is -1.82. The number of aryl methyl sites for hydroxylation is 1. The molecule has 2 rings (SSSR count). The molecular weight excluding hydrogens is 510 g/mol. The SMILES string of the molecule is CN=C(NCc1c(C)nn(CCOC)c1C)N(C)Cc1ccc(C(F)(F)F)cc1.I. The van der Waals surface area contributed by atoms with E-state index in [2.05, 4.69) is 15.4 Å². The van der Waals surface area contributed by atoms with Gasteiger partial charge in [-0.1, -0.05) is 12.1 Å². The minimum absolute atomic E-state index is 0. The summed E-state index contributed by atoms with van der Waals surface area (Å²) in [6.45, 7) is 6.24. The molecule has 0 saturated heterocycles. The third-order valence-electron chi connectivity index (χ3n) is 4.74. The maximum absolute atomic E-state index is 12.7. The molecule has 0 unspecified atom stereocenters. The molecule has 0 aliphatic heterocycles. The Bertz CT molecular complexity index is 834. The summed E-state index contributed by atoms with van der Waals surface area (Å²) in [4.78, 5) is 6.14. The van der Waals surface area contributed by atoms with Gasteiger partial charge >= 0.3 is 6.18 Å². The molecule has 0 aliphatic carbocycles. The Morgan fingerprint density at radius 3 is 2.40 bits per heavy atom. The third kappa shape index (κ3) is 6.86. The van der Waals surface area contributed by atoms with Gasteiger partial charge < -0.3 is 15.0 Å². The van der Waals surface area contributed by atoms with Gasteiger partial charge in [-0.2, -0.15) is 18.3 Å². The molecule has 0 atom stereocenters. The number of hydrogen-bond acceptors (Lipinski definition) is 3. The van der Waals surface area contributed by atoms with Crippen LogP contribution in [0.4, 0.5) is 13.2 Å². The van der Waals surface area contributed by atoms with E-state index in [1.165, 1.54) is 12.1 Å². The van der Waals surface area contributed by atoms with Gasteiger partial charge in [0.05, 0.1) is 24.4 Å². The number of halogens is 4. The van der Waals surface area contributed by atoms with Gasteiger partial charge in [0.15, 0.2) is 5.96 Å². The number of aromatic nitrogens is 2. The summed E-state index contributed by atoms with van der Waals surface area (Å²) in [6.07, 6.45) is -4.33. The molecule has 0 amide bonds. The van der Waals surface area contributed by atoms with Crippen molar-refractivity contribution in [2.24, 2.45) is 4.99 Å². The lowest BCUT2D eigenvalue weighted by atomic mass is 10.1. The Morgan fingerprint density at radius 1 is 1.23 bits per heavy atom. The smallest absolute Gasteiger partial charge is 0.383 e. The summed E-state index contributed by atoms with van der Waals surface area (Å²) in [6, 6.07) is 5.17. The highest BCUT2D eigenvalue weighted by atomic mass is 127. The lowest BCUT2D eigenvalue weighted by molar-refractivity contribution is -0.137. The quantitative estimate of drug-likeness (QED) is 0.329. The number of benzene rings is 1. The fraction of sp³-hybridized carbons (Fsp3) is 0.500. The number of nitrogens with one attached hydrogen (secondary N) is 1. The second kappa shape index (κ2) is 11.5. The van der Waals surface area contributed by atoms with Crippen LogP contribution < -0.4 is 5.32 Å². The standard InChI is InChI=1S/C20H28F3N5O.HI/c1-14-18(15(2)28(26-14)10-11-29-5)12-25-19(24-3)27(4)13-16-6-8-17(9-7-16)20(21,22)23;/h6-9H,10-13H2,1-5H3,(H,24,25);1H. The number of rotatable bonds is 7. The van der Waals surface area contributed by atoms with Gasteiger partial charge in [-0.15, -0.1) is 24.0 Å². The van der Waals surface area contributed by atoms with Crippen molar-refractivity contribution >= 4 is 29.9 Å². The average molecular weight is 539 g/mol. The van der Waals surface area contributed by atoms with Crippen LogP contribution in [0.1, 0.15) is 28.1 Å². The van der Waals surface area contributed by atoms with Crippen LogP contribution in [0.5, 0.6) is 0 Å². The molecule has 1 aromatic heterocycles. The van der Waals surface area contributed by atoms with Gasteiger partial charge in [0.25, 0.3) is 0 Å². The molecule has 0 radical (unpaired) electrons. The number of hydrogen-bond donors (Lipinski definition) is 1. The summed E-state index contributed by atoms with van der Waals surface area (Å²) >= 11 is 0. The first-order valence-corrected chi connectivity index (χ1v) is 9.27. The molecule has 30 heavy (non-hydrogen) atoms. The molecule has 0 fully saturated rings. The van der Waals surface area contributed by atoms with E-state index >= 15 is 0 Å². The van der Waals surface area contributed by atoms with Gasteiger partial charge in [0.2, 0.25) is 0 Å². The van der Waals surface area contributed by atoms with E-state index in [9.17, 15) is 13.2 Å². The van der Waals surface area contributed by atoms with Gasteiger partial charge in [-0.25, -0.2) is 0 Å². The van der Waals surface area contributed by atoms with Gasteiger partial charge in [-0.05, 0) is 31.5 Å². The number of guanidine groups is 1. The van der Waals surface area contributed by atoms with Crippen molar-refractivity contribution in [3.63, 3.8) is 0 Å². The van der Waals surface area contributed by atoms with Gasteiger partial charge in [0, 0.05) is 45.6 Å². The molecule has 168 valence electrons. The van der Waals surface area contributed by atoms with Crippen LogP contribution in [-0.4, -0.2) is 48.5 Å². The van der Waals surface area contributed by atoms with E-state index in [0.29, 0.717) is 32.2 Å². The van der Waals surface area contributed by atoms with Crippen molar-refractivity contribution in [3.05, 3.63) is 52.3 Å². The second-order valence-corrected chi connectivity index (χ2v) is 6.82. The molecule has 10 heteroatoms. The monoisotopic (exact) mass is 539 g/mol. The van der Waals surface area contributed by atoms with Crippen molar-refractivity contribution in [3.8, 4) is 0 Å². The first kappa shape index (κ1) is 26.2. The number of nitrogens with zero attached hydrogens (tertiary/aromatic N) is 4. The minimum atomic E-state index is -4.33. The molecule has 2 aromatic rings. The number of ether oxygens (including phenoxy) is 1. The predicted octanol–water partition coefficient (Wildman–Crippen LogP) is 3.99. The lowest BCUT2D eigenvalue weighted by Gasteiger charge is -2.22. The van der Waals surface area contributed by atoms with Crippen molar-refractivity contribution in [2.75, 3.05) is 27.8 Å². The zero-order valence-electron chi connectivity index (χ0n) is 17.9. The first-order chi connectivity index (χ1) is 13.7. The molecular formula is C20H29F3IN5O. The molecule has 0 spiro atoms.